The Labute approximate surface area is 90.2 Å². The van der Waals surface area contributed by atoms with Crippen molar-refractivity contribution in [2.24, 2.45) is 11.1 Å². The molecule has 1 rings (SSSR count). The standard InChI is InChI=1S/C10H19N5/c1-7-13-8(2)15(14-7)6-5-10(3,4)9(11)12/h5-6H2,1-4H3,(H3,11,12). The van der Waals surface area contributed by atoms with Crippen molar-refractivity contribution in [2.75, 3.05) is 0 Å². The van der Waals surface area contributed by atoms with E-state index in [0.29, 0.717) is 0 Å². The molecule has 0 fully saturated rings. The number of nitrogens with one attached hydrogen (secondary N) is 1. The summed E-state index contributed by atoms with van der Waals surface area (Å²) in [5.74, 6) is 1.91. The summed E-state index contributed by atoms with van der Waals surface area (Å²) < 4.78 is 1.86. The zero-order valence-electron chi connectivity index (χ0n) is 9.83. The van der Waals surface area contributed by atoms with Crippen molar-refractivity contribution in [3.63, 3.8) is 0 Å². The van der Waals surface area contributed by atoms with Crippen LogP contribution in [0.4, 0.5) is 0 Å². The first-order chi connectivity index (χ1) is 6.83. The molecule has 84 valence electrons. The summed E-state index contributed by atoms with van der Waals surface area (Å²) in [4.78, 5) is 4.22. The molecule has 0 saturated carbocycles. The van der Waals surface area contributed by atoms with Gasteiger partial charge < -0.3 is 5.73 Å². The summed E-state index contributed by atoms with van der Waals surface area (Å²) in [5, 5.41) is 11.7. The molecule has 1 aromatic rings. The Balaban J connectivity index is 2.65. The Hall–Kier alpha value is -1.39. The fourth-order valence-corrected chi connectivity index (χ4v) is 1.29. The molecule has 0 unspecified atom stereocenters. The average molecular weight is 209 g/mol. The van der Waals surface area contributed by atoms with Crippen LogP contribution in [0.15, 0.2) is 0 Å². The lowest BCUT2D eigenvalue weighted by atomic mass is 9.88. The summed E-state index contributed by atoms with van der Waals surface area (Å²) in [6.07, 6.45) is 0.798. The van der Waals surface area contributed by atoms with Crippen molar-refractivity contribution in [2.45, 2.75) is 40.7 Å². The van der Waals surface area contributed by atoms with Gasteiger partial charge in [-0.15, -0.1) is 0 Å². The molecule has 0 amide bonds. The van der Waals surface area contributed by atoms with Crippen molar-refractivity contribution in [3.05, 3.63) is 11.6 Å². The van der Waals surface area contributed by atoms with Crippen LogP contribution in [0.25, 0.3) is 0 Å². The van der Waals surface area contributed by atoms with Gasteiger partial charge in [0, 0.05) is 12.0 Å². The first-order valence-electron chi connectivity index (χ1n) is 5.05. The molecule has 0 spiro atoms. The van der Waals surface area contributed by atoms with Gasteiger partial charge in [-0.2, -0.15) is 5.10 Å². The third-order valence-corrected chi connectivity index (χ3v) is 2.64. The van der Waals surface area contributed by atoms with Gasteiger partial charge in [-0.25, -0.2) is 4.98 Å². The smallest absolute Gasteiger partial charge is 0.147 e. The van der Waals surface area contributed by atoms with Crippen LogP contribution in [-0.4, -0.2) is 20.6 Å². The van der Waals surface area contributed by atoms with E-state index in [9.17, 15) is 0 Å². The summed E-state index contributed by atoms with van der Waals surface area (Å²) in [7, 11) is 0. The molecule has 0 saturated heterocycles. The van der Waals surface area contributed by atoms with Crippen LogP contribution in [0.5, 0.6) is 0 Å². The lowest BCUT2D eigenvalue weighted by Gasteiger charge is -2.22. The SMILES string of the molecule is Cc1nc(C)n(CCC(C)(C)C(=N)N)n1. The van der Waals surface area contributed by atoms with Crippen molar-refractivity contribution in [3.8, 4) is 0 Å². The van der Waals surface area contributed by atoms with Crippen molar-refractivity contribution in [1.29, 1.82) is 5.41 Å². The topological polar surface area (TPSA) is 80.6 Å². The molecule has 0 atom stereocenters. The number of aromatic nitrogens is 3. The van der Waals surface area contributed by atoms with E-state index in [4.69, 9.17) is 11.1 Å². The Morgan fingerprint density at radius 2 is 2.07 bits per heavy atom. The Kier molecular flexibility index (Phi) is 3.12. The quantitative estimate of drug-likeness (QED) is 0.578. The molecule has 3 N–H and O–H groups in total. The highest BCUT2D eigenvalue weighted by Gasteiger charge is 2.21. The van der Waals surface area contributed by atoms with Crippen LogP contribution >= 0.6 is 0 Å². The van der Waals surface area contributed by atoms with Crippen LogP contribution in [0.2, 0.25) is 0 Å². The van der Waals surface area contributed by atoms with Gasteiger partial charge in [0.15, 0.2) is 0 Å². The number of hydrogen-bond acceptors (Lipinski definition) is 3. The highest BCUT2D eigenvalue weighted by atomic mass is 15.3. The van der Waals surface area contributed by atoms with E-state index in [2.05, 4.69) is 10.1 Å². The predicted molar refractivity (Wildman–Crippen MR) is 59.8 cm³/mol. The molecule has 0 radical (unpaired) electrons. The molecule has 0 aliphatic heterocycles. The zero-order valence-corrected chi connectivity index (χ0v) is 9.83. The number of nitrogens with two attached hydrogens (primary N) is 1. The summed E-state index contributed by atoms with van der Waals surface area (Å²) in [5.41, 5.74) is 5.24. The molecular weight excluding hydrogens is 190 g/mol. The fourth-order valence-electron chi connectivity index (χ4n) is 1.29. The molecule has 0 bridgehead atoms. The largest absolute Gasteiger partial charge is 0.387 e. The minimum Gasteiger partial charge on any atom is -0.387 e. The van der Waals surface area contributed by atoms with Gasteiger partial charge in [0.1, 0.15) is 11.6 Å². The van der Waals surface area contributed by atoms with Crippen LogP contribution in [0, 0.1) is 24.7 Å². The second-order valence-corrected chi connectivity index (χ2v) is 4.48. The maximum absolute atomic E-state index is 7.45. The zero-order chi connectivity index (χ0) is 11.6. The van der Waals surface area contributed by atoms with E-state index < -0.39 is 0 Å². The average Bonchev–Trinajstić information content (AvgIpc) is 2.41. The molecular formula is C10H19N5. The maximum Gasteiger partial charge on any atom is 0.147 e. The van der Waals surface area contributed by atoms with E-state index in [-0.39, 0.29) is 11.3 Å². The molecule has 1 heterocycles. The molecule has 1 aromatic heterocycles. The number of hydrogen-bond donors (Lipinski definition) is 2. The lowest BCUT2D eigenvalue weighted by Crippen LogP contribution is -2.32. The lowest BCUT2D eigenvalue weighted by molar-refractivity contribution is 0.406. The molecule has 15 heavy (non-hydrogen) atoms. The van der Waals surface area contributed by atoms with Gasteiger partial charge >= 0.3 is 0 Å². The highest BCUT2D eigenvalue weighted by Crippen LogP contribution is 2.20. The fraction of sp³-hybridized carbons (Fsp3) is 0.700. The van der Waals surface area contributed by atoms with E-state index in [1.54, 1.807) is 0 Å². The van der Waals surface area contributed by atoms with E-state index in [0.717, 1.165) is 24.6 Å². The van der Waals surface area contributed by atoms with Gasteiger partial charge in [0.25, 0.3) is 0 Å². The molecule has 0 aliphatic carbocycles. The van der Waals surface area contributed by atoms with E-state index in [1.807, 2.05) is 32.4 Å². The van der Waals surface area contributed by atoms with Gasteiger partial charge in [-0.3, -0.25) is 10.1 Å². The van der Waals surface area contributed by atoms with E-state index >= 15 is 0 Å². The molecule has 5 nitrogen and oxygen atoms in total. The minimum absolute atomic E-state index is 0.219. The molecule has 0 aliphatic rings. The van der Waals surface area contributed by atoms with Crippen LogP contribution in [-0.2, 0) is 6.54 Å². The Morgan fingerprint density at radius 3 is 2.47 bits per heavy atom. The summed E-state index contributed by atoms with van der Waals surface area (Å²) >= 11 is 0. The van der Waals surface area contributed by atoms with Gasteiger partial charge in [-0.1, -0.05) is 13.8 Å². The maximum atomic E-state index is 7.45. The van der Waals surface area contributed by atoms with Crippen LogP contribution in [0.3, 0.4) is 0 Å². The Bertz CT molecular complexity index is 364. The number of amidine groups is 1. The first-order valence-corrected chi connectivity index (χ1v) is 5.05. The first kappa shape index (κ1) is 11.7. The number of rotatable bonds is 4. The Morgan fingerprint density at radius 1 is 1.47 bits per heavy atom. The van der Waals surface area contributed by atoms with Crippen LogP contribution in [0.1, 0.15) is 31.9 Å². The number of aryl methyl sites for hydroxylation is 3. The highest BCUT2D eigenvalue weighted by molar-refractivity contribution is 5.82. The van der Waals surface area contributed by atoms with Crippen molar-refractivity contribution >= 4 is 5.84 Å². The second kappa shape index (κ2) is 4.00. The third-order valence-electron chi connectivity index (χ3n) is 2.64. The van der Waals surface area contributed by atoms with Crippen molar-refractivity contribution in [1.82, 2.24) is 14.8 Å². The number of nitrogens with zero attached hydrogens (tertiary/aromatic N) is 3. The van der Waals surface area contributed by atoms with Crippen LogP contribution < -0.4 is 5.73 Å². The third kappa shape index (κ3) is 2.78. The van der Waals surface area contributed by atoms with Gasteiger partial charge in [-0.05, 0) is 20.3 Å². The van der Waals surface area contributed by atoms with Gasteiger partial charge in [0.05, 0.1) is 5.84 Å². The molecule has 5 heteroatoms. The summed E-state index contributed by atoms with van der Waals surface area (Å²) in [6.45, 7) is 8.49. The molecule has 0 aromatic carbocycles. The van der Waals surface area contributed by atoms with Gasteiger partial charge in [0.2, 0.25) is 0 Å². The monoisotopic (exact) mass is 209 g/mol. The summed E-state index contributed by atoms with van der Waals surface area (Å²) in [6, 6.07) is 0. The predicted octanol–water partition coefficient (Wildman–Crippen LogP) is 1.25. The van der Waals surface area contributed by atoms with E-state index in [1.165, 1.54) is 0 Å². The second-order valence-electron chi connectivity index (χ2n) is 4.48. The van der Waals surface area contributed by atoms with Crippen molar-refractivity contribution < 1.29 is 0 Å². The minimum atomic E-state index is -0.272. The normalized spacial score (nSPS) is 11.7.